The summed E-state index contributed by atoms with van der Waals surface area (Å²) in [5, 5.41) is 14.5. The molecule has 3 N–H and O–H groups in total. The first-order chi connectivity index (χ1) is 16.4. The van der Waals surface area contributed by atoms with Crippen molar-refractivity contribution in [2.24, 2.45) is 5.41 Å². The number of fused-ring (bicyclic) bond motifs is 3. The summed E-state index contributed by atoms with van der Waals surface area (Å²) in [6.45, 7) is 2.02. The van der Waals surface area contributed by atoms with E-state index in [2.05, 4.69) is 34.9 Å². The van der Waals surface area contributed by atoms with Crippen molar-refractivity contribution in [1.82, 2.24) is 10.6 Å². The van der Waals surface area contributed by atoms with Crippen molar-refractivity contribution in [3.8, 4) is 11.1 Å². The third kappa shape index (κ3) is 5.24. The molecule has 0 unspecified atom stereocenters. The first-order valence-electron chi connectivity index (χ1n) is 12.0. The predicted octanol–water partition coefficient (Wildman–Crippen LogP) is 4.46. The van der Waals surface area contributed by atoms with Gasteiger partial charge < -0.3 is 20.5 Å². The van der Waals surface area contributed by atoms with E-state index < -0.39 is 18.1 Å². The molecule has 1 fully saturated rings. The zero-order valence-corrected chi connectivity index (χ0v) is 19.5. The van der Waals surface area contributed by atoms with Crippen molar-refractivity contribution in [2.45, 2.75) is 57.4 Å². The minimum Gasteiger partial charge on any atom is -0.480 e. The Labute approximate surface area is 199 Å². The molecule has 2 aromatic carbocycles. The number of alkyl carbamates (subject to hydrolysis) is 1. The van der Waals surface area contributed by atoms with Crippen LogP contribution in [-0.4, -0.2) is 42.3 Å². The molecular formula is C27H32N2O5. The smallest absolute Gasteiger partial charge is 0.407 e. The number of hydrogen-bond acceptors (Lipinski definition) is 4. The van der Waals surface area contributed by atoms with Crippen LogP contribution in [0.1, 0.15) is 62.5 Å². The van der Waals surface area contributed by atoms with E-state index in [1.807, 2.05) is 24.3 Å². The van der Waals surface area contributed by atoms with Gasteiger partial charge in [-0.3, -0.25) is 9.59 Å². The van der Waals surface area contributed by atoms with Gasteiger partial charge in [0.2, 0.25) is 5.91 Å². The fraction of sp³-hybridized carbons (Fsp3) is 0.444. The molecule has 2 aromatic rings. The number of carboxylic acid groups (broad SMARTS) is 1. The second-order valence-corrected chi connectivity index (χ2v) is 9.54. The third-order valence-corrected chi connectivity index (χ3v) is 7.15. The van der Waals surface area contributed by atoms with Crippen molar-refractivity contribution in [3.63, 3.8) is 0 Å². The molecule has 4 rings (SSSR count). The Morgan fingerprint density at radius 1 is 1.00 bits per heavy atom. The molecule has 1 atom stereocenters. The highest BCUT2D eigenvalue weighted by Crippen LogP contribution is 2.44. The van der Waals surface area contributed by atoms with Gasteiger partial charge in [0.05, 0.1) is 0 Å². The van der Waals surface area contributed by atoms with Gasteiger partial charge in [0, 0.05) is 18.9 Å². The molecule has 0 bridgehead atoms. The lowest BCUT2D eigenvalue weighted by Gasteiger charge is -2.37. The van der Waals surface area contributed by atoms with Crippen LogP contribution in [0.25, 0.3) is 11.1 Å². The minimum atomic E-state index is -1.07. The number of aliphatic carboxylic acids is 1. The van der Waals surface area contributed by atoms with E-state index in [1.165, 1.54) is 18.1 Å². The summed E-state index contributed by atoms with van der Waals surface area (Å²) in [6.07, 6.45) is 4.37. The van der Waals surface area contributed by atoms with Crippen LogP contribution in [0.5, 0.6) is 0 Å². The molecule has 0 radical (unpaired) electrons. The highest BCUT2D eigenvalue weighted by atomic mass is 16.5. The lowest BCUT2D eigenvalue weighted by molar-refractivity contribution is -0.141. The fourth-order valence-electron chi connectivity index (χ4n) is 5.32. The molecule has 2 aliphatic carbocycles. The summed E-state index contributed by atoms with van der Waals surface area (Å²) in [5.41, 5.74) is 4.28. The van der Waals surface area contributed by atoms with Gasteiger partial charge in [-0.15, -0.1) is 0 Å². The first-order valence-corrected chi connectivity index (χ1v) is 12.0. The number of ether oxygens (including phenoxy) is 1. The second-order valence-electron chi connectivity index (χ2n) is 9.54. The second kappa shape index (κ2) is 10.3. The van der Waals surface area contributed by atoms with Gasteiger partial charge in [-0.05, 0) is 47.4 Å². The lowest BCUT2D eigenvalue weighted by atomic mass is 9.71. The van der Waals surface area contributed by atoms with Crippen molar-refractivity contribution in [2.75, 3.05) is 13.2 Å². The average Bonchev–Trinajstić information content (AvgIpc) is 3.15. The molecule has 0 spiro atoms. The van der Waals surface area contributed by atoms with Crippen LogP contribution in [0.2, 0.25) is 0 Å². The molecular weight excluding hydrogens is 432 g/mol. The Kier molecular flexibility index (Phi) is 7.20. The largest absolute Gasteiger partial charge is 0.480 e. The van der Waals surface area contributed by atoms with Crippen LogP contribution in [-0.2, 0) is 14.3 Å². The van der Waals surface area contributed by atoms with E-state index in [9.17, 15) is 14.4 Å². The molecule has 7 heteroatoms. The number of benzene rings is 2. The van der Waals surface area contributed by atoms with Crippen LogP contribution in [0.4, 0.5) is 4.79 Å². The zero-order chi connectivity index (χ0) is 24.1. The molecule has 180 valence electrons. The van der Waals surface area contributed by atoms with Crippen molar-refractivity contribution < 1.29 is 24.2 Å². The summed E-state index contributed by atoms with van der Waals surface area (Å²) in [4.78, 5) is 36.2. The highest BCUT2D eigenvalue weighted by molar-refractivity contribution is 5.83. The number of carboxylic acids is 1. The quantitative estimate of drug-likeness (QED) is 0.535. The third-order valence-electron chi connectivity index (χ3n) is 7.15. The minimum absolute atomic E-state index is 0.00919. The molecule has 2 aliphatic rings. The van der Waals surface area contributed by atoms with Crippen molar-refractivity contribution in [3.05, 3.63) is 59.7 Å². The van der Waals surface area contributed by atoms with E-state index in [0.717, 1.165) is 43.2 Å². The number of rotatable bonds is 8. The van der Waals surface area contributed by atoms with Crippen LogP contribution in [0.3, 0.4) is 0 Å². The number of carbonyl (C=O) groups excluding carboxylic acids is 2. The molecule has 0 aromatic heterocycles. The molecule has 0 heterocycles. The maximum atomic E-state index is 12.6. The molecule has 0 aliphatic heterocycles. The number of carbonyl (C=O) groups is 3. The molecule has 34 heavy (non-hydrogen) atoms. The van der Waals surface area contributed by atoms with E-state index in [-0.39, 0.29) is 30.3 Å². The summed E-state index contributed by atoms with van der Waals surface area (Å²) in [6, 6.07) is 15.4. The maximum absolute atomic E-state index is 12.6. The Morgan fingerprint density at radius 2 is 1.59 bits per heavy atom. The van der Waals surface area contributed by atoms with Gasteiger partial charge in [0.15, 0.2) is 0 Å². The van der Waals surface area contributed by atoms with Gasteiger partial charge in [0.1, 0.15) is 12.6 Å². The number of nitrogens with one attached hydrogen (secondary N) is 2. The van der Waals surface area contributed by atoms with Crippen molar-refractivity contribution >= 4 is 18.0 Å². The monoisotopic (exact) mass is 464 g/mol. The van der Waals surface area contributed by atoms with Gasteiger partial charge in [-0.2, -0.15) is 0 Å². The summed E-state index contributed by atoms with van der Waals surface area (Å²) in [7, 11) is 0. The SMILES string of the molecule is C[C@H](NC(=O)CC1(CNC(=O)OCC2c3ccccc3-c3ccccc32)CCCCC1)C(=O)O. The van der Waals surface area contributed by atoms with E-state index >= 15 is 0 Å². The van der Waals surface area contributed by atoms with E-state index in [0.29, 0.717) is 6.54 Å². The summed E-state index contributed by atoms with van der Waals surface area (Å²) >= 11 is 0. The van der Waals surface area contributed by atoms with Crippen LogP contribution in [0.15, 0.2) is 48.5 Å². The summed E-state index contributed by atoms with van der Waals surface area (Å²) < 4.78 is 5.65. The number of amides is 2. The van der Waals surface area contributed by atoms with Gasteiger partial charge >= 0.3 is 12.1 Å². The molecule has 1 saturated carbocycles. The predicted molar refractivity (Wildman–Crippen MR) is 128 cm³/mol. The van der Waals surface area contributed by atoms with Crippen molar-refractivity contribution in [1.29, 1.82) is 0 Å². The normalized spacial score (nSPS) is 17.2. The fourth-order valence-corrected chi connectivity index (χ4v) is 5.32. The zero-order valence-electron chi connectivity index (χ0n) is 19.5. The Balaban J connectivity index is 1.36. The average molecular weight is 465 g/mol. The number of hydrogen-bond donors (Lipinski definition) is 3. The summed E-state index contributed by atoms with van der Waals surface area (Å²) in [5.74, 6) is -1.38. The lowest BCUT2D eigenvalue weighted by Crippen LogP contribution is -2.45. The van der Waals surface area contributed by atoms with Crippen LogP contribution < -0.4 is 10.6 Å². The van der Waals surface area contributed by atoms with Gasteiger partial charge in [0.25, 0.3) is 0 Å². The first kappa shape index (κ1) is 23.8. The van der Waals surface area contributed by atoms with Crippen LogP contribution >= 0.6 is 0 Å². The van der Waals surface area contributed by atoms with Crippen LogP contribution in [0, 0.1) is 5.41 Å². The topological polar surface area (TPSA) is 105 Å². The molecule has 0 saturated heterocycles. The van der Waals surface area contributed by atoms with E-state index in [1.54, 1.807) is 0 Å². The Hall–Kier alpha value is -3.35. The Morgan fingerprint density at radius 3 is 2.18 bits per heavy atom. The van der Waals surface area contributed by atoms with Gasteiger partial charge in [-0.25, -0.2) is 4.79 Å². The highest BCUT2D eigenvalue weighted by Gasteiger charge is 2.36. The molecule has 2 amide bonds. The standard InChI is InChI=1S/C27H32N2O5/c1-18(25(31)32)29-24(30)15-27(13-7-2-8-14-27)17-28-26(33)34-16-23-21-11-5-3-9-19(21)20-10-4-6-12-22(20)23/h3-6,9-12,18,23H,2,7-8,13-17H2,1H3,(H,28,33)(H,29,30)(H,31,32)/t18-/m0/s1. The molecule has 7 nitrogen and oxygen atoms in total. The maximum Gasteiger partial charge on any atom is 0.407 e. The van der Waals surface area contributed by atoms with Gasteiger partial charge in [-0.1, -0.05) is 67.8 Å². The van der Waals surface area contributed by atoms with E-state index in [4.69, 9.17) is 9.84 Å². The Bertz CT molecular complexity index is 1010.